The summed E-state index contributed by atoms with van der Waals surface area (Å²) in [5, 5.41) is 3.06. The van der Waals surface area contributed by atoms with Crippen molar-refractivity contribution in [3.05, 3.63) is 48.0 Å². The van der Waals surface area contributed by atoms with Crippen molar-refractivity contribution in [2.75, 3.05) is 10.0 Å². The quantitative estimate of drug-likeness (QED) is 0.832. The zero-order chi connectivity index (χ0) is 17.3. The number of hydrogen-bond donors (Lipinski definition) is 2. The Kier molecular flexibility index (Phi) is 4.61. The highest BCUT2D eigenvalue weighted by atomic mass is 32.2. The maximum Gasteiger partial charge on any atom is 0.237 e. The highest BCUT2D eigenvalue weighted by Crippen LogP contribution is 2.25. The second-order valence-corrected chi connectivity index (χ2v) is 8.68. The monoisotopic (exact) mass is 337 g/mol. The molecule has 0 amide bonds. The molecule has 2 aromatic rings. The van der Waals surface area contributed by atoms with Gasteiger partial charge in [-0.15, -0.1) is 0 Å². The Morgan fingerprint density at radius 1 is 1.13 bits per heavy atom. The van der Waals surface area contributed by atoms with Crippen LogP contribution in [0.5, 0.6) is 0 Å². The van der Waals surface area contributed by atoms with Crippen LogP contribution in [0.3, 0.4) is 0 Å². The first kappa shape index (κ1) is 17.2. The van der Waals surface area contributed by atoms with E-state index >= 15 is 0 Å². The summed E-state index contributed by atoms with van der Waals surface area (Å²) in [5.74, 6) is -0.581. The number of anilines is 3. The summed E-state index contributed by atoms with van der Waals surface area (Å²) in [7, 11) is -3.50. The fourth-order valence-corrected chi connectivity index (χ4v) is 2.50. The molecule has 5 nitrogen and oxygen atoms in total. The van der Waals surface area contributed by atoms with Crippen LogP contribution in [0.4, 0.5) is 21.5 Å². The third-order valence-electron chi connectivity index (χ3n) is 3.27. The molecule has 23 heavy (non-hydrogen) atoms. The van der Waals surface area contributed by atoms with Crippen molar-refractivity contribution in [3.63, 3.8) is 0 Å². The number of hydrogen-bond acceptors (Lipinski definition) is 4. The van der Waals surface area contributed by atoms with Crippen molar-refractivity contribution in [1.29, 1.82) is 0 Å². The minimum atomic E-state index is -3.50. The first-order chi connectivity index (χ1) is 10.6. The molecule has 0 bridgehead atoms. The van der Waals surface area contributed by atoms with Crippen LogP contribution in [-0.2, 0) is 10.0 Å². The number of benzene rings is 1. The molecular formula is C16H20FN3O2S. The average Bonchev–Trinajstić information content (AvgIpc) is 2.41. The number of aryl methyl sites for hydroxylation is 1. The number of sulfonamides is 1. The van der Waals surface area contributed by atoms with E-state index in [0.717, 1.165) is 5.56 Å². The third kappa shape index (κ3) is 4.19. The van der Waals surface area contributed by atoms with Crippen molar-refractivity contribution >= 4 is 27.1 Å². The summed E-state index contributed by atoms with van der Waals surface area (Å²) in [6.45, 7) is 6.68. The number of halogens is 1. The van der Waals surface area contributed by atoms with Gasteiger partial charge in [-0.2, -0.15) is 4.39 Å². The lowest BCUT2D eigenvalue weighted by Gasteiger charge is -2.20. The summed E-state index contributed by atoms with van der Waals surface area (Å²) in [5.41, 5.74) is 2.45. The van der Waals surface area contributed by atoms with Crippen LogP contribution in [0.15, 0.2) is 36.5 Å². The average molecular weight is 337 g/mol. The van der Waals surface area contributed by atoms with Crippen molar-refractivity contribution in [3.8, 4) is 0 Å². The van der Waals surface area contributed by atoms with Gasteiger partial charge in [-0.05, 0) is 51.5 Å². The molecule has 1 heterocycles. The van der Waals surface area contributed by atoms with Gasteiger partial charge in [0.25, 0.3) is 0 Å². The largest absolute Gasteiger partial charge is 0.355 e. The Balaban J connectivity index is 2.26. The highest BCUT2D eigenvalue weighted by Gasteiger charge is 2.28. The molecule has 0 saturated heterocycles. The van der Waals surface area contributed by atoms with Crippen LogP contribution in [0.2, 0.25) is 0 Å². The van der Waals surface area contributed by atoms with Crippen LogP contribution in [0, 0.1) is 12.9 Å². The van der Waals surface area contributed by atoms with E-state index in [1.807, 2.05) is 0 Å². The second kappa shape index (κ2) is 6.16. The third-order valence-corrected chi connectivity index (χ3v) is 5.39. The van der Waals surface area contributed by atoms with Crippen LogP contribution >= 0.6 is 0 Å². The number of nitrogens with zero attached hydrogens (tertiary/aromatic N) is 1. The molecule has 0 radical (unpaired) electrons. The van der Waals surface area contributed by atoms with Gasteiger partial charge in [0.1, 0.15) is 0 Å². The maximum absolute atomic E-state index is 13.2. The van der Waals surface area contributed by atoms with E-state index < -0.39 is 20.7 Å². The van der Waals surface area contributed by atoms with E-state index in [2.05, 4.69) is 15.0 Å². The van der Waals surface area contributed by atoms with Gasteiger partial charge in [-0.25, -0.2) is 13.4 Å². The SMILES string of the molecule is Cc1cnc(F)cc1Nc1cccc(NS(=O)(=O)C(C)(C)C)c1. The molecule has 2 rings (SSSR count). The summed E-state index contributed by atoms with van der Waals surface area (Å²) in [6, 6.07) is 8.10. The standard InChI is InChI=1S/C16H20FN3O2S/c1-11-10-18-15(17)9-14(11)19-12-6-5-7-13(8-12)20-23(21,22)16(2,3)4/h5-10,20H,1-4H3,(H,18,19). The van der Waals surface area contributed by atoms with Crippen LogP contribution < -0.4 is 10.0 Å². The number of rotatable bonds is 4. The summed E-state index contributed by atoms with van der Waals surface area (Å²) >= 11 is 0. The zero-order valence-corrected chi connectivity index (χ0v) is 14.3. The van der Waals surface area contributed by atoms with Gasteiger partial charge in [0.2, 0.25) is 16.0 Å². The Bertz CT molecular complexity index is 814. The number of aromatic nitrogens is 1. The molecule has 1 aromatic heterocycles. The lowest BCUT2D eigenvalue weighted by molar-refractivity contribution is 0.566. The molecule has 0 aliphatic heterocycles. The highest BCUT2D eigenvalue weighted by molar-refractivity contribution is 7.94. The van der Waals surface area contributed by atoms with Gasteiger partial charge in [0.15, 0.2) is 0 Å². The van der Waals surface area contributed by atoms with Gasteiger partial charge >= 0.3 is 0 Å². The topological polar surface area (TPSA) is 71.1 Å². The molecule has 7 heteroatoms. The van der Waals surface area contributed by atoms with Crippen LogP contribution in [-0.4, -0.2) is 18.1 Å². The Morgan fingerprint density at radius 3 is 2.43 bits per heavy atom. The van der Waals surface area contributed by atoms with Crippen LogP contribution in [0.1, 0.15) is 26.3 Å². The maximum atomic E-state index is 13.2. The van der Waals surface area contributed by atoms with Crippen LogP contribution in [0.25, 0.3) is 0 Å². The molecule has 0 unspecified atom stereocenters. The molecule has 0 fully saturated rings. The van der Waals surface area contributed by atoms with E-state index in [1.54, 1.807) is 52.0 Å². The summed E-state index contributed by atoms with van der Waals surface area (Å²) < 4.78 is 39.3. The lowest BCUT2D eigenvalue weighted by atomic mass is 10.2. The molecule has 0 aliphatic carbocycles. The Labute approximate surface area is 136 Å². The predicted octanol–water partition coefficient (Wildman–Crippen LogP) is 3.81. The van der Waals surface area contributed by atoms with E-state index in [0.29, 0.717) is 17.1 Å². The normalized spacial score (nSPS) is 12.0. The van der Waals surface area contributed by atoms with Gasteiger partial charge in [0, 0.05) is 23.6 Å². The summed E-state index contributed by atoms with van der Waals surface area (Å²) in [4.78, 5) is 3.58. The predicted molar refractivity (Wildman–Crippen MR) is 91.0 cm³/mol. The van der Waals surface area contributed by atoms with E-state index in [-0.39, 0.29) is 0 Å². The minimum absolute atomic E-state index is 0.442. The molecule has 0 spiro atoms. The van der Waals surface area contributed by atoms with Crippen molar-refractivity contribution in [2.45, 2.75) is 32.4 Å². The molecule has 2 N–H and O–H groups in total. The Morgan fingerprint density at radius 2 is 1.78 bits per heavy atom. The molecule has 1 aromatic carbocycles. The first-order valence-corrected chi connectivity index (χ1v) is 8.58. The van der Waals surface area contributed by atoms with E-state index in [1.165, 1.54) is 12.3 Å². The molecule has 0 saturated carbocycles. The van der Waals surface area contributed by atoms with Crippen molar-refractivity contribution in [2.24, 2.45) is 0 Å². The van der Waals surface area contributed by atoms with Gasteiger partial charge in [0.05, 0.1) is 10.4 Å². The molecule has 124 valence electrons. The molecular weight excluding hydrogens is 317 g/mol. The van der Waals surface area contributed by atoms with Gasteiger partial charge < -0.3 is 5.32 Å². The molecule has 0 atom stereocenters. The second-order valence-electron chi connectivity index (χ2n) is 6.25. The van der Waals surface area contributed by atoms with Crippen molar-refractivity contribution in [1.82, 2.24) is 4.98 Å². The first-order valence-electron chi connectivity index (χ1n) is 7.10. The van der Waals surface area contributed by atoms with Crippen molar-refractivity contribution < 1.29 is 12.8 Å². The lowest BCUT2D eigenvalue weighted by Crippen LogP contribution is -2.33. The number of pyridine rings is 1. The smallest absolute Gasteiger partial charge is 0.237 e. The fourth-order valence-electron chi connectivity index (χ4n) is 1.76. The summed E-state index contributed by atoms with van der Waals surface area (Å²) in [6.07, 6.45) is 1.43. The van der Waals surface area contributed by atoms with Gasteiger partial charge in [-0.1, -0.05) is 6.07 Å². The van der Waals surface area contributed by atoms with E-state index in [4.69, 9.17) is 0 Å². The van der Waals surface area contributed by atoms with Gasteiger partial charge in [-0.3, -0.25) is 4.72 Å². The van der Waals surface area contributed by atoms with E-state index in [9.17, 15) is 12.8 Å². The minimum Gasteiger partial charge on any atom is -0.355 e. The molecule has 0 aliphatic rings. The Hall–Kier alpha value is -2.15. The fraction of sp³-hybridized carbons (Fsp3) is 0.312. The zero-order valence-electron chi connectivity index (χ0n) is 13.5. The number of nitrogens with one attached hydrogen (secondary N) is 2.